The number of hydrogen-bond donors (Lipinski definition) is 2. The van der Waals surface area contributed by atoms with Crippen LogP contribution in [0.15, 0.2) is 10.2 Å². The molecule has 0 aliphatic heterocycles. The van der Waals surface area contributed by atoms with E-state index in [1.807, 2.05) is 0 Å². The maximum Gasteiger partial charge on any atom is 0.0417 e. The smallest absolute Gasteiger partial charge is 0.0417 e. The molecule has 2 atom stereocenters. The minimum Gasteiger partial charge on any atom is -0.330 e. The molecule has 4 nitrogen and oxygen atoms in total. The van der Waals surface area contributed by atoms with E-state index in [0.717, 1.165) is 38.5 Å². The summed E-state index contributed by atoms with van der Waals surface area (Å²) < 4.78 is 0. The van der Waals surface area contributed by atoms with Gasteiger partial charge in [0.15, 0.2) is 0 Å². The van der Waals surface area contributed by atoms with Crippen LogP contribution in [-0.4, -0.2) is 24.5 Å². The fourth-order valence-corrected chi connectivity index (χ4v) is 5.35. The fraction of sp³-hybridized carbons (Fsp3) is 0.900. The second-order valence-electron chi connectivity index (χ2n) is 10.8. The predicted octanol–water partition coefficient (Wildman–Crippen LogP) is 4.13. The van der Waals surface area contributed by atoms with Crippen molar-refractivity contribution in [2.45, 2.75) is 80.1 Å². The Morgan fingerprint density at radius 2 is 1.00 bits per heavy atom. The maximum atomic E-state index is 6.04. The third kappa shape index (κ3) is 4.89. The van der Waals surface area contributed by atoms with E-state index in [1.165, 1.54) is 11.4 Å². The standard InChI is InChI=1S/C20H38N4/c1-17(2)7-15(9-19(5,11-17)13-21)23-24-16-8-18(3,4)12-20(6,10-16)14-22/h7-14,21-22H2,1-6H3/b23-15-,24-16+. The molecule has 0 aromatic carbocycles. The highest BCUT2D eigenvalue weighted by molar-refractivity contribution is 5.90. The van der Waals surface area contributed by atoms with Crippen LogP contribution in [-0.2, 0) is 0 Å². The van der Waals surface area contributed by atoms with E-state index in [2.05, 4.69) is 41.5 Å². The third-order valence-corrected chi connectivity index (χ3v) is 5.76. The second-order valence-corrected chi connectivity index (χ2v) is 10.8. The number of nitrogens with zero attached hydrogens (tertiary/aromatic N) is 2. The SMILES string of the molecule is CC1(C)C/C(=N/N=C2\CC(C)(C)CC(C)(CN)C2)CC(C)(CN)C1. The van der Waals surface area contributed by atoms with E-state index >= 15 is 0 Å². The summed E-state index contributed by atoms with van der Waals surface area (Å²) in [7, 11) is 0. The van der Waals surface area contributed by atoms with Gasteiger partial charge in [-0.2, -0.15) is 10.2 Å². The normalized spacial score (nSPS) is 39.3. The lowest BCUT2D eigenvalue weighted by Crippen LogP contribution is -2.41. The van der Waals surface area contributed by atoms with Crippen LogP contribution < -0.4 is 11.5 Å². The van der Waals surface area contributed by atoms with Crippen molar-refractivity contribution in [2.75, 3.05) is 13.1 Å². The Balaban J connectivity index is 2.22. The summed E-state index contributed by atoms with van der Waals surface area (Å²) >= 11 is 0. The Morgan fingerprint density at radius 3 is 1.29 bits per heavy atom. The highest BCUT2D eigenvalue weighted by atomic mass is 15.2. The average molecular weight is 335 g/mol. The first-order chi connectivity index (χ1) is 10.9. The lowest BCUT2D eigenvalue weighted by Gasteiger charge is -2.43. The summed E-state index contributed by atoms with van der Waals surface area (Å²) in [6, 6.07) is 0. The first-order valence-corrected chi connectivity index (χ1v) is 9.41. The van der Waals surface area contributed by atoms with Crippen molar-refractivity contribution >= 4 is 11.4 Å². The highest BCUT2D eigenvalue weighted by Crippen LogP contribution is 2.45. The maximum absolute atomic E-state index is 6.04. The molecule has 0 spiro atoms. The summed E-state index contributed by atoms with van der Waals surface area (Å²) in [5.74, 6) is 0. The molecule has 0 radical (unpaired) electrons. The monoisotopic (exact) mass is 334 g/mol. The molecular weight excluding hydrogens is 296 g/mol. The molecule has 0 heterocycles. The molecule has 0 amide bonds. The first-order valence-electron chi connectivity index (χ1n) is 9.41. The highest BCUT2D eigenvalue weighted by Gasteiger charge is 2.40. The quantitative estimate of drug-likeness (QED) is 0.761. The van der Waals surface area contributed by atoms with Crippen molar-refractivity contribution in [2.24, 2.45) is 43.3 Å². The number of rotatable bonds is 3. The first kappa shape index (κ1) is 19.6. The average Bonchev–Trinajstić information content (AvgIpc) is 2.41. The molecule has 0 saturated heterocycles. The fourth-order valence-electron chi connectivity index (χ4n) is 5.35. The molecular formula is C20H38N4. The molecule has 2 saturated carbocycles. The van der Waals surface area contributed by atoms with Gasteiger partial charge in [0.2, 0.25) is 0 Å². The molecule has 138 valence electrons. The minimum atomic E-state index is 0.151. The van der Waals surface area contributed by atoms with Gasteiger partial charge in [-0.05, 0) is 73.3 Å². The van der Waals surface area contributed by atoms with E-state index in [4.69, 9.17) is 21.7 Å². The predicted molar refractivity (Wildman–Crippen MR) is 104 cm³/mol. The molecule has 2 aliphatic carbocycles. The Morgan fingerprint density at radius 1 is 0.667 bits per heavy atom. The Labute approximate surface area is 148 Å². The van der Waals surface area contributed by atoms with Gasteiger partial charge < -0.3 is 11.5 Å². The zero-order valence-corrected chi connectivity index (χ0v) is 16.7. The van der Waals surface area contributed by atoms with Crippen LogP contribution in [0, 0.1) is 21.7 Å². The largest absolute Gasteiger partial charge is 0.330 e. The van der Waals surface area contributed by atoms with E-state index < -0.39 is 0 Å². The van der Waals surface area contributed by atoms with Crippen LogP contribution in [0.4, 0.5) is 0 Å². The lowest BCUT2D eigenvalue weighted by atomic mass is 9.63. The molecule has 0 aromatic rings. The van der Waals surface area contributed by atoms with Crippen LogP contribution in [0.5, 0.6) is 0 Å². The van der Waals surface area contributed by atoms with E-state index in [1.54, 1.807) is 0 Å². The molecule has 2 rings (SSSR count). The number of nitrogens with two attached hydrogens (primary N) is 2. The molecule has 4 heteroatoms. The molecule has 2 aliphatic rings. The van der Waals surface area contributed by atoms with Gasteiger partial charge in [0.25, 0.3) is 0 Å². The van der Waals surface area contributed by atoms with Crippen LogP contribution >= 0.6 is 0 Å². The summed E-state index contributed by atoms with van der Waals surface area (Å²) in [6.45, 7) is 15.3. The Bertz CT molecular complexity index is 484. The zero-order valence-electron chi connectivity index (χ0n) is 16.7. The van der Waals surface area contributed by atoms with Crippen LogP contribution in [0.1, 0.15) is 80.1 Å². The van der Waals surface area contributed by atoms with Crippen molar-refractivity contribution in [1.29, 1.82) is 0 Å². The van der Waals surface area contributed by atoms with E-state index in [9.17, 15) is 0 Å². The topological polar surface area (TPSA) is 76.8 Å². The molecule has 2 fully saturated rings. The van der Waals surface area contributed by atoms with Gasteiger partial charge in [-0.15, -0.1) is 0 Å². The second kappa shape index (κ2) is 6.53. The zero-order chi connectivity index (χ0) is 18.2. The van der Waals surface area contributed by atoms with Crippen LogP contribution in [0.25, 0.3) is 0 Å². The van der Waals surface area contributed by atoms with Crippen LogP contribution in [0.2, 0.25) is 0 Å². The van der Waals surface area contributed by atoms with Gasteiger partial charge in [-0.3, -0.25) is 0 Å². The van der Waals surface area contributed by atoms with Gasteiger partial charge in [-0.25, -0.2) is 0 Å². The summed E-state index contributed by atoms with van der Waals surface area (Å²) in [4.78, 5) is 0. The van der Waals surface area contributed by atoms with Crippen molar-refractivity contribution in [3.63, 3.8) is 0 Å². The van der Waals surface area contributed by atoms with Gasteiger partial charge >= 0.3 is 0 Å². The van der Waals surface area contributed by atoms with E-state index in [-0.39, 0.29) is 21.7 Å². The van der Waals surface area contributed by atoms with Crippen molar-refractivity contribution in [1.82, 2.24) is 0 Å². The van der Waals surface area contributed by atoms with Crippen molar-refractivity contribution in [3.05, 3.63) is 0 Å². The number of hydrogen-bond acceptors (Lipinski definition) is 4. The minimum absolute atomic E-state index is 0.151. The van der Waals surface area contributed by atoms with Gasteiger partial charge in [0, 0.05) is 11.4 Å². The summed E-state index contributed by atoms with van der Waals surface area (Å²) in [5, 5.41) is 9.44. The molecule has 24 heavy (non-hydrogen) atoms. The Hall–Kier alpha value is -0.740. The summed E-state index contributed by atoms with van der Waals surface area (Å²) in [6.07, 6.45) is 6.31. The van der Waals surface area contributed by atoms with Crippen molar-refractivity contribution < 1.29 is 0 Å². The molecule has 2 unspecified atom stereocenters. The van der Waals surface area contributed by atoms with Gasteiger partial charge in [0.1, 0.15) is 0 Å². The summed E-state index contributed by atoms with van der Waals surface area (Å²) in [5.41, 5.74) is 15.3. The molecule has 0 aromatic heterocycles. The Kier molecular flexibility index (Phi) is 5.33. The lowest BCUT2D eigenvalue weighted by molar-refractivity contribution is 0.168. The molecule has 0 bridgehead atoms. The van der Waals surface area contributed by atoms with E-state index in [0.29, 0.717) is 13.1 Å². The van der Waals surface area contributed by atoms with Gasteiger partial charge in [0.05, 0.1) is 0 Å². The molecule has 4 N–H and O–H groups in total. The van der Waals surface area contributed by atoms with Crippen LogP contribution in [0.3, 0.4) is 0 Å². The third-order valence-electron chi connectivity index (χ3n) is 5.76. The van der Waals surface area contributed by atoms with Gasteiger partial charge in [-0.1, -0.05) is 41.5 Å². The van der Waals surface area contributed by atoms with Crippen molar-refractivity contribution in [3.8, 4) is 0 Å².